The second-order valence-corrected chi connectivity index (χ2v) is 8.27. The summed E-state index contributed by atoms with van der Waals surface area (Å²) in [6.07, 6.45) is -1.15. The molecule has 0 heterocycles. The standard InChI is InChI=1S/C22H23NO5S/c1-2-27-22(24)21(23-29(25,26)16-15-17-9-4-3-5-10-17)28-20-14-8-12-18-11-6-7-13-19(18)20/h3-14,21,23H,2,15-16H2,1H3. The Balaban J connectivity index is 1.78. The number of hydrogen-bond donors (Lipinski definition) is 1. The molecule has 0 spiro atoms. The molecular formula is C22H23NO5S. The van der Waals surface area contributed by atoms with E-state index in [-0.39, 0.29) is 12.4 Å². The molecule has 0 aromatic heterocycles. The van der Waals surface area contributed by atoms with Crippen molar-refractivity contribution in [3.05, 3.63) is 78.4 Å². The zero-order valence-electron chi connectivity index (χ0n) is 16.1. The van der Waals surface area contributed by atoms with Crippen molar-refractivity contribution in [2.75, 3.05) is 12.4 Å². The van der Waals surface area contributed by atoms with Crippen molar-refractivity contribution >= 4 is 26.8 Å². The molecule has 0 fully saturated rings. The molecule has 3 aromatic rings. The third-order valence-corrected chi connectivity index (χ3v) is 5.60. The number of fused-ring (bicyclic) bond motifs is 1. The van der Waals surface area contributed by atoms with Gasteiger partial charge in [-0.05, 0) is 30.4 Å². The van der Waals surface area contributed by atoms with Crippen LogP contribution in [0.3, 0.4) is 0 Å². The fraction of sp³-hybridized carbons (Fsp3) is 0.227. The van der Waals surface area contributed by atoms with E-state index < -0.39 is 22.2 Å². The Labute approximate surface area is 170 Å². The van der Waals surface area contributed by atoms with Gasteiger partial charge in [-0.15, -0.1) is 0 Å². The van der Waals surface area contributed by atoms with Crippen molar-refractivity contribution < 1.29 is 22.7 Å². The first kappa shape index (κ1) is 20.8. The molecule has 0 aliphatic heterocycles. The summed E-state index contributed by atoms with van der Waals surface area (Å²) < 4.78 is 38.3. The van der Waals surface area contributed by atoms with E-state index in [9.17, 15) is 13.2 Å². The van der Waals surface area contributed by atoms with Crippen molar-refractivity contribution in [3.8, 4) is 5.75 Å². The molecule has 0 radical (unpaired) electrons. The van der Waals surface area contributed by atoms with Gasteiger partial charge >= 0.3 is 5.97 Å². The molecular weight excluding hydrogens is 390 g/mol. The zero-order chi connectivity index (χ0) is 20.7. The van der Waals surface area contributed by atoms with Crippen LogP contribution in [0.2, 0.25) is 0 Å². The number of hydrogen-bond acceptors (Lipinski definition) is 5. The Morgan fingerprint density at radius 2 is 1.66 bits per heavy atom. The highest BCUT2D eigenvalue weighted by atomic mass is 32.2. The van der Waals surface area contributed by atoms with Crippen molar-refractivity contribution in [3.63, 3.8) is 0 Å². The topological polar surface area (TPSA) is 81.7 Å². The highest BCUT2D eigenvalue weighted by Crippen LogP contribution is 2.26. The summed E-state index contributed by atoms with van der Waals surface area (Å²) in [5, 5.41) is 1.69. The van der Waals surface area contributed by atoms with Gasteiger partial charge in [-0.3, -0.25) is 0 Å². The van der Waals surface area contributed by atoms with E-state index in [1.165, 1.54) is 0 Å². The smallest absolute Gasteiger partial charge is 0.364 e. The minimum atomic E-state index is -3.79. The molecule has 0 saturated carbocycles. The van der Waals surface area contributed by atoms with E-state index in [1.54, 1.807) is 19.1 Å². The van der Waals surface area contributed by atoms with Crippen LogP contribution in [-0.4, -0.2) is 33.0 Å². The first-order valence-corrected chi connectivity index (χ1v) is 11.0. The maximum atomic E-state index is 12.6. The average Bonchev–Trinajstić information content (AvgIpc) is 2.73. The monoisotopic (exact) mass is 413 g/mol. The van der Waals surface area contributed by atoms with Gasteiger partial charge in [-0.1, -0.05) is 66.7 Å². The molecule has 7 heteroatoms. The fourth-order valence-corrected chi connectivity index (χ4v) is 3.98. The number of carbonyl (C=O) groups excluding carboxylic acids is 1. The van der Waals surface area contributed by atoms with E-state index in [2.05, 4.69) is 4.72 Å². The highest BCUT2D eigenvalue weighted by molar-refractivity contribution is 7.89. The summed E-state index contributed by atoms with van der Waals surface area (Å²) in [6, 6.07) is 22.1. The predicted octanol–water partition coefficient (Wildman–Crippen LogP) is 3.27. The van der Waals surface area contributed by atoms with Gasteiger partial charge in [-0.2, -0.15) is 4.72 Å². The SMILES string of the molecule is CCOC(=O)C(NS(=O)(=O)CCc1ccccc1)Oc1cccc2ccccc12. The zero-order valence-corrected chi connectivity index (χ0v) is 16.9. The lowest BCUT2D eigenvalue weighted by molar-refractivity contribution is -0.151. The highest BCUT2D eigenvalue weighted by Gasteiger charge is 2.28. The van der Waals surface area contributed by atoms with E-state index in [0.717, 1.165) is 16.3 Å². The molecule has 0 aliphatic rings. The van der Waals surface area contributed by atoms with Gasteiger partial charge in [0.2, 0.25) is 10.0 Å². The van der Waals surface area contributed by atoms with Gasteiger partial charge in [0.15, 0.2) is 0 Å². The predicted molar refractivity (Wildman–Crippen MR) is 112 cm³/mol. The van der Waals surface area contributed by atoms with Crippen LogP contribution in [0.25, 0.3) is 10.8 Å². The summed E-state index contributed by atoms with van der Waals surface area (Å²) in [4.78, 5) is 12.4. The second kappa shape index (κ2) is 9.54. The van der Waals surface area contributed by atoms with Gasteiger partial charge in [0.1, 0.15) is 5.75 Å². The Kier molecular flexibility index (Phi) is 6.85. The lowest BCUT2D eigenvalue weighted by atomic mass is 10.1. The third kappa shape index (κ3) is 5.79. The second-order valence-electron chi connectivity index (χ2n) is 6.40. The fourth-order valence-electron chi connectivity index (χ4n) is 2.88. The molecule has 1 unspecified atom stereocenters. The maximum absolute atomic E-state index is 12.6. The Hall–Kier alpha value is -2.90. The van der Waals surface area contributed by atoms with Crippen LogP contribution in [0.4, 0.5) is 0 Å². The van der Waals surface area contributed by atoms with Crippen molar-refractivity contribution in [2.45, 2.75) is 19.6 Å². The van der Waals surface area contributed by atoms with Gasteiger partial charge in [-0.25, -0.2) is 13.2 Å². The molecule has 6 nitrogen and oxygen atoms in total. The molecule has 0 amide bonds. The first-order valence-electron chi connectivity index (χ1n) is 9.33. The maximum Gasteiger partial charge on any atom is 0.364 e. The molecule has 0 saturated heterocycles. The largest absolute Gasteiger partial charge is 0.462 e. The van der Waals surface area contributed by atoms with Crippen molar-refractivity contribution in [1.29, 1.82) is 0 Å². The van der Waals surface area contributed by atoms with Crippen LogP contribution in [0.15, 0.2) is 72.8 Å². The van der Waals surface area contributed by atoms with E-state index in [0.29, 0.717) is 12.2 Å². The van der Waals surface area contributed by atoms with Crippen LogP contribution in [-0.2, 0) is 26.0 Å². The number of carbonyl (C=O) groups is 1. The summed E-state index contributed by atoms with van der Waals surface area (Å²) in [6.45, 7) is 1.76. The van der Waals surface area contributed by atoms with Crippen LogP contribution < -0.4 is 9.46 Å². The van der Waals surface area contributed by atoms with Crippen LogP contribution >= 0.6 is 0 Å². The minimum Gasteiger partial charge on any atom is -0.462 e. The van der Waals surface area contributed by atoms with Crippen LogP contribution in [0.1, 0.15) is 12.5 Å². The molecule has 29 heavy (non-hydrogen) atoms. The number of ether oxygens (including phenoxy) is 2. The van der Waals surface area contributed by atoms with Gasteiger partial charge < -0.3 is 9.47 Å². The first-order chi connectivity index (χ1) is 14.0. The Bertz CT molecular complexity index is 1060. The summed E-state index contributed by atoms with van der Waals surface area (Å²) in [5.41, 5.74) is 0.889. The van der Waals surface area contributed by atoms with E-state index >= 15 is 0 Å². The van der Waals surface area contributed by atoms with Crippen LogP contribution in [0, 0.1) is 0 Å². The normalized spacial score (nSPS) is 12.4. The lowest BCUT2D eigenvalue weighted by Gasteiger charge is -2.20. The number of esters is 1. The quantitative estimate of drug-likeness (QED) is 0.430. The van der Waals surface area contributed by atoms with Crippen molar-refractivity contribution in [1.82, 2.24) is 4.72 Å². The molecule has 3 aromatic carbocycles. The van der Waals surface area contributed by atoms with E-state index in [4.69, 9.17) is 9.47 Å². The van der Waals surface area contributed by atoms with Gasteiger partial charge in [0.25, 0.3) is 6.23 Å². The molecule has 0 bridgehead atoms. The molecule has 1 N–H and O–H groups in total. The molecule has 3 rings (SSSR count). The number of sulfonamides is 1. The lowest BCUT2D eigenvalue weighted by Crippen LogP contribution is -2.46. The molecule has 1 atom stereocenters. The number of aryl methyl sites for hydroxylation is 1. The van der Waals surface area contributed by atoms with Gasteiger partial charge in [0, 0.05) is 5.39 Å². The number of nitrogens with one attached hydrogen (secondary N) is 1. The van der Waals surface area contributed by atoms with Crippen molar-refractivity contribution in [2.24, 2.45) is 0 Å². The third-order valence-electron chi connectivity index (χ3n) is 4.28. The summed E-state index contributed by atoms with van der Waals surface area (Å²) in [5.74, 6) is -0.568. The Morgan fingerprint density at radius 3 is 2.41 bits per heavy atom. The van der Waals surface area contributed by atoms with E-state index in [1.807, 2.05) is 60.7 Å². The minimum absolute atomic E-state index is 0.111. The summed E-state index contributed by atoms with van der Waals surface area (Å²) in [7, 11) is -3.79. The average molecular weight is 413 g/mol. The molecule has 0 aliphatic carbocycles. The van der Waals surface area contributed by atoms with Crippen LogP contribution in [0.5, 0.6) is 5.75 Å². The summed E-state index contributed by atoms with van der Waals surface area (Å²) >= 11 is 0. The number of benzene rings is 3. The molecule has 152 valence electrons. The van der Waals surface area contributed by atoms with Gasteiger partial charge in [0.05, 0.1) is 12.4 Å². The Morgan fingerprint density at radius 1 is 0.966 bits per heavy atom. The number of rotatable bonds is 9.